The van der Waals surface area contributed by atoms with Gasteiger partial charge in [0.1, 0.15) is 0 Å². The number of imidazole rings is 1. The Bertz CT molecular complexity index is 383. The second-order valence-corrected chi connectivity index (χ2v) is 6.34. The third-order valence-electron chi connectivity index (χ3n) is 2.66. The van der Waals surface area contributed by atoms with Crippen LogP contribution in [0.15, 0.2) is 23.7 Å². The first-order valence-electron chi connectivity index (χ1n) is 5.95. The van der Waals surface area contributed by atoms with Gasteiger partial charge in [-0.1, -0.05) is 25.6 Å². The van der Waals surface area contributed by atoms with Gasteiger partial charge in [0.15, 0.2) is 5.17 Å². The van der Waals surface area contributed by atoms with Gasteiger partial charge in [-0.15, -0.1) is 0 Å². The lowest BCUT2D eigenvalue weighted by Crippen LogP contribution is -2.37. The Morgan fingerprint density at radius 1 is 1.59 bits per heavy atom. The zero-order chi connectivity index (χ0) is 12.3. The van der Waals surface area contributed by atoms with Gasteiger partial charge >= 0.3 is 0 Å². The number of nitrogens with one attached hydrogen (secondary N) is 1. The largest absolute Gasteiger partial charge is 0.361 e. The average molecular weight is 252 g/mol. The van der Waals surface area contributed by atoms with Gasteiger partial charge in [0.05, 0.1) is 6.33 Å². The molecule has 0 aliphatic carbocycles. The number of amidine groups is 1. The van der Waals surface area contributed by atoms with Crippen LogP contribution in [0.4, 0.5) is 0 Å². The highest BCUT2D eigenvalue weighted by molar-refractivity contribution is 8.13. The third kappa shape index (κ3) is 3.77. The van der Waals surface area contributed by atoms with E-state index in [1.165, 1.54) is 0 Å². The van der Waals surface area contributed by atoms with Crippen LogP contribution in [-0.2, 0) is 6.54 Å². The van der Waals surface area contributed by atoms with E-state index in [0.29, 0.717) is 11.5 Å². The van der Waals surface area contributed by atoms with Gasteiger partial charge < -0.3 is 9.88 Å². The zero-order valence-corrected chi connectivity index (χ0v) is 11.5. The minimum Gasteiger partial charge on any atom is -0.361 e. The fourth-order valence-corrected chi connectivity index (χ4v) is 2.75. The Kier molecular flexibility index (Phi) is 3.76. The predicted molar refractivity (Wildman–Crippen MR) is 73.4 cm³/mol. The molecular weight excluding hydrogens is 232 g/mol. The molecule has 1 unspecified atom stereocenters. The Morgan fingerprint density at radius 3 is 3.00 bits per heavy atom. The van der Waals surface area contributed by atoms with Gasteiger partial charge in [0.2, 0.25) is 0 Å². The first-order valence-corrected chi connectivity index (χ1v) is 6.93. The third-order valence-corrected chi connectivity index (χ3v) is 4.11. The summed E-state index contributed by atoms with van der Waals surface area (Å²) < 4.78 is 2.08. The molecule has 0 fully saturated rings. The number of rotatable bonds is 3. The highest BCUT2D eigenvalue weighted by atomic mass is 32.2. The number of aliphatic imine (C=N–C) groups is 1. The first kappa shape index (κ1) is 12.5. The molecule has 94 valence electrons. The second-order valence-electron chi connectivity index (χ2n) is 5.38. The van der Waals surface area contributed by atoms with E-state index in [9.17, 15) is 0 Å². The summed E-state index contributed by atoms with van der Waals surface area (Å²) in [7, 11) is 0. The lowest BCUT2D eigenvalue weighted by molar-refractivity contribution is 0.435. The summed E-state index contributed by atoms with van der Waals surface area (Å²) in [5.41, 5.74) is 0.337. The van der Waals surface area contributed by atoms with E-state index in [2.05, 4.69) is 40.6 Å². The number of thioether (sulfide) groups is 1. The molecule has 0 radical (unpaired) electrons. The minimum atomic E-state index is 0.337. The lowest BCUT2D eigenvalue weighted by atomic mass is 9.97. The van der Waals surface area contributed by atoms with Crippen molar-refractivity contribution in [3.05, 3.63) is 18.7 Å². The molecule has 1 aromatic rings. The van der Waals surface area contributed by atoms with Crippen molar-refractivity contribution in [2.45, 2.75) is 33.4 Å². The molecule has 1 aliphatic rings. The molecule has 0 amide bonds. The second kappa shape index (κ2) is 5.12. The van der Waals surface area contributed by atoms with Crippen LogP contribution in [0.1, 0.15) is 20.8 Å². The van der Waals surface area contributed by atoms with E-state index in [1.54, 1.807) is 0 Å². The molecule has 1 atom stereocenters. The quantitative estimate of drug-likeness (QED) is 0.894. The Hall–Kier alpha value is -0.970. The summed E-state index contributed by atoms with van der Waals surface area (Å²) in [4.78, 5) is 8.64. The summed E-state index contributed by atoms with van der Waals surface area (Å²) in [5, 5.41) is 4.54. The first-order chi connectivity index (χ1) is 8.05. The van der Waals surface area contributed by atoms with Crippen LogP contribution in [0.5, 0.6) is 0 Å². The van der Waals surface area contributed by atoms with Gasteiger partial charge in [-0.25, -0.2) is 4.98 Å². The van der Waals surface area contributed by atoms with Crippen molar-refractivity contribution in [1.82, 2.24) is 14.9 Å². The van der Waals surface area contributed by atoms with E-state index < -0.39 is 0 Å². The fraction of sp³-hybridized carbons (Fsp3) is 0.667. The van der Waals surface area contributed by atoms with E-state index >= 15 is 0 Å². The van der Waals surface area contributed by atoms with Crippen molar-refractivity contribution in [2.24, 2.45) is 10.4 Å². The maximum Gasteiger partial charge on any atom is 0.156 e. The lowest BCUT2D eigenvalue weighted by Gasteiger charge is -2.28. The zero-order valence-electron chi connectivity index (χ0n) is 10.7. The Balaban J connectivity index is 1.83. The number of hydrogen-bond donors (Lipinski definition) is 1. The van der Waals surface area contributed by atoms with Crippen molar-refractivity contribution in [3.8, 4) is 0 Å². The summed E-state index contributed by atoms with van der Waals surface area (Å²) in [6.07, 6.45) is 5.64. The smallest absolute Gasteiger partial charge is 0.156 e. The normalized spacial score (nSPS) is 20.8. The molecule has 1 aliphatic heterocycles. The van der Waals surface area contributed by atoms with Crippen LogP contribution in [0.2, 0.25) is 0 Å². The molecule has 5 heteroatoms. The summed E-state index contributed by atoms with van der Waals surface area (Å²) in [6.45, 7) is 8.52. The minimum absolute atomic E-state index is 0.337. The van der Waals surface area contributed by atoms with E-state index in [4.69, 9.17) is 0 Å². The van der Waals surface area contributed by atoms with Crippen LogP contribution in [0, 0.1) is 5.41 Å². The molecule has 0 aromatic carbocycles. The molecule has 0 saturated carbocycles. The molecule has 1 N–H and O–H groups in total. The molecule has 2 heterocycles. The molecule has 0 bridgehead atoms. The molecule has 2 rings (SSSR count). The number of hydrogen-bond acceptors (Lipinski definition) is 4. The molecule has 0 spiro atoms. The van der Waals surface area contributed by atoms with Gasteiger partial charge in [-0.05, 0) is 12.3 Å². The standard InChI is InChI=1S/C12H20N4S/c1-10(6-16-5-4-13-9-16)15-11-14-7-12(2,3)8-17-11/h4-5,9-10H,6-8H2,1-3H3,(H,14,15). The highest BCUT2D eigenvalue weighted by Crippen LogP contribution is 2.27. The predicted octanol–water partition coefficient (Wildman–Crippen LogP) is 1.99. The van der Waals surface area contributed by atoms with Gasteiger partial charge in [-0.3, -0.25) is 4.99 Å². The van der Waals surface area contributed by atoms with Gasteiger partial charge in [0, 0.05) is 37.3 Å². The van der Waals surface area contributed by atoms with Gasteiger partial charge in [0.25, 0.3) is 0 Å². The van der Waals surface area contributed by atoms with Gasteiger partial charge in [-0.2, -0.15) is 0 Å². The molecule has 4 nitrogen and oxygen atoms in total. The monoisotopic (exact) mass is 252 g/mol. The Labute approximate surface area is 107 Å². The van der Waals surface area contributed by atoms with E-state index in [0.717, 1.165) is 24.0 Å². The SMILES string of the molecule is CC(Cn1ccnc1)NC1=NCC(C)(C)CS1. The summed E-state index contributed by atoms with van der Waals surface area (Å²) in [5.74, 6) is 1.14. The summed E-state index contributed by atoms with van der Waals surface area (Å²) in [6, 6.07) is 0.372. The number of aromatic nitrogens is 2. The maximum absolute atomic E-state index is 4.60. The molecular formula is C12H20N4S. The topological polar surface area (TPSA) is 42.2 Å². The van der Waals surface area contributed by atoms with Crippen molar-refractivity contribution in [2.75, 3.05) is 12.3 Å². The maximum atomic E-state index is 4.60. The van der Waals surface area contributed by atoms with Crippen molar-refractivity contribution >= 4 is 16.9 Å². The number of nitrogens with zero attached hydrogens (tertiary/aromatic N) is 3. The van der Waals surface area contributed by atoms with Crippen LogP contribution in [0.3, 0.4) is 0 Å². The van der Waals surface area contributed by atoms with Crippen molar-refractivity contribution in [3.63, 3.8) is 0 Å². The fourth-order valence-electron chi connectivity index (χ4n) is 1.70. The highest BCUT2D eigenvalue weighted by Gasteiger charge is 2.23. The van der Waals surface area contributed by atoms with E-state index in [1.807, 2.05) is 30.5 Å². The van der Waals surface area contributed by atoms with Crippen LogP contribution < -0.4 is 5.32 Å². The molecule has 17 heavy (non-hydrogen) atoms. The van der Waals surface area contributed by atoms with Crippen LogP contribution in [0.25, 0.3) is 0 Å². The van der Waals surface area contributed by atoms with Crippen LogP contribution in [-0.4, -0.2) is 33.1 Å². The van der Waals surface area contributed by atoms with Crippen LogP contribution >= 0.6 is 11.8 Å². The van der Waals surface area contributed by atoms with Crippen molar-refractivity contribution in [1.29, 1.82) is 0 Å². The molecule has 1 aromatic heterocycles. The summed E-state index contributed by atoms with van der Waals surface area (Å²) >= 11 is 1.83. The van der Waals surface area contributed by atoms with Crippen molar-refractivity contribution < 1.29 is 0 Å². The van der Waals surface area contributed by atoms with E-state index in [-0.39, 0.29) is 0 Å². The average Bonchev–Trinajstić information content (AvgIpc) is 2.74. The Morgan fingerprint density at radius 2 is 2.41 bits per heavy atom. The molecule has 0 saturated heterocycles.